The molecule has 2 saturated heterocycles. The van der Waals surface area contributed by atoms with Gasteiger partial charge < -0.3 is 9.97 Å². The first-order chi connectivity index (χ1) is 9.78. The zero-order chi connectivity index (χ0) is 15.3. The third-order valence-corrected chi connectivity index (χ3v) is 5.56. The Labute approximate surface area is 129 Å². The molecule has 1 unspecified atom stereocenters. The predicted octanol–water partition coefficient (Wildman–Crippen LogP) is 3.66. The van der Waals surface area contributed by atoms with E-state index in [1.807, 2.05) is 0 Å². The van der Waals surface area contributed by atoms with E-state index >= 15 is 0 Å². The number of benzene rings is 1. The maximum atomic E-state index is 6.35. The van der Waals surface area contributed by atoms with Crippen LogP contribution in [0.1, 0.15) is 52.1 Å². The van der Waals surface area contributed by atoms with Crippen molar-refractivity contribution in [3.63, 3.8) is 0 Å². The molecule has 2 nitrogen and oxygen atoms in total. The fraction of sp³-hybridized carbons (Fsp3) is 0.556. The second-order valence-electron chi connectivity index (χ2n) is 7.71. The summed E-state index contributed by atoms with van der Waals surface area (Å²) in [7, 11) is 0. The zero-order valence-corrected chi connectivity index (χ0v) is 13.7. The number of nitrogens with one attached hydrogen (secondary N) is 1. The molecule has 1 aromatic rings. The van der Waals surface area contributed by atoms with Crippen LogP contribution in [-0.4, -0.2) is 12.5 Å². The summed E-state index contributed by atoms with van der Waals surface area (Å²) in [5.74, 6) is 0. The van der Waals surface area contributed by atoms with Crippen LogP contribution in [0.3, 0.4) is 0 Å². The van der Waals surface area contributed by atoms with E-state index in [1.54, 1.807) is 0 Å². The van der Waals surface area contributed by atoms with Crippen LogP contribution in [0.25, 0.3) is 0 Å². The lowest BCUT2D eigenvalue weighted by molar-refractivity contribution is 0.0375. The summed E-state index contributed by atoms with van der Waals surface area (Å²) in [6.45, 7) is 13.3. The van der Waals surface area contributed by atoms with E-state index in [0.717, 1.165) is 24.9 Å². The van der Waals surface area contributed by atoms with Gasteiger partial charge in [0, 0.05) is 5.70 Å². The van der Waals surface area contributed by atoms with Gasteiger partial charge in [-0.05, 0) is 49.5 Å². The van der Waals surface area contributed by atoms with Crippen LogP contribution in [0.4, 0.5) is 0 Å². The fourth-order valence-electron chi connectivity index (χ4n) is 3.39. The molecule has 0 aliphatic carbocycles. The van der Waals surface area contributed by atoms with E-state index in [4.69, 9.17) is 4.65 Å². The van der Waals surface area contributed by atoms with E-state index in [0.29, 0.717) is 6.04 Å². The molecule has 3 heteroatoms. The van der Waals surface area contributed by atoms with Gasteiger partial charge in [0.25, 0.3) is 0 Å². The molecule has 2 aliphatic rings. The number of allylic oxidation sites excluding steroid dienone is 1. The minimum Gasteiger partial charge on any atom is -0.426 e. The summed E-state index contributed by atoms with van der Waals surface area (Å²) in [4.78, 5) is 0. The SMILES string of the molecule is C=C1CCC(c2cccc(B3CC(C)(C)C(C)(C)O3)c2)N1. The molecule has 0 spiro atoms. The lowest BCUT2D eigenvalue weighted by Crippen LogP contribution is -2.36. The highest BCUT2D eigenvalue weighted by Gasteiger charge is 2.49. The van der Waals surface area contributed by atoms with Gasteiger partial charge in [0.15, 0.2) is 0 Å². The molecular formula is C18H26BNO. The van der Waals surface area contributed by atoms with Crippen LogP contribution < -0.4 is 10.8 Å². The van der Waals surface area contributed by atoms with Crippen LogP contribution in [0, 0.1) is 5.41 Å². The molecular weight excluding hydrogens is 257 g/mol. The quantitative estimate of drug-likeness (QED) is 0.836. The topological polar surface area (TPSA) is 21.3 Å². The van der Waals surface area contributed by atoms with Crippen molar-refractivity contribution in [1.29, 1.82) is 0 Å². The molecule has 21 heavy (non-hydrogen) atoms. The highest BCUT2D eigenvalue weighted by atomic mass is 16.5. The van der Waals surface area contributed by atoms with E-state index < -0.39 is 0 Å². The first-order valence-electron chi connectivity index (χ1n) is 8.00. The van der Waals surface area contributed by atoms with Gasteiger partial charge in [-0.25, -0.2) is 0 Å². The van der Waals surface area contributed by atoms with Crippen molar-refractivity contribution in [2.75, 3.05) is 0 Å². The van der Waals surface area contributed by atoms with Crippen LogP contribution >= 0.6 is 0 Å². The van der Waals surface area contributed by atoms with Crippen molar-refractivity contribution < 1.29 is 4.65 Å². The fourth-order valence-corrected chi connectivity index (χ4v) is 3.39. The molecule has 1 aromatic carbocycles. The van der Waals surface area contributed by atoms with Crippen molar-refractivity contribution in [1.82, 2.24) is 5.32 Å². The maximum absolute atomic E-state index is 6.35. The van der Waals surface area contributed by atoms with E-state index in [1.165, 1.54) is 11.0 Å². The third-order valence-electron chi connectivity index (χ3n) is 5.56. The molecule has 2 aliphatic heterocycles. The predicted molar refractivity (Wildman–Crippen MR) is 89.8 cm³/mol. The van der Waals surface area contributed by atoms with Crippen molar-refractivity contribution in [2.45, 2.75) is 58.5 Å². The minimum atomic E-state index is -0.0758. The molecule has 0 saturated carbocycles. The molecule has 3 rings (SSSR count). The van der Waals surface area contributed by atoms with Gasteiger partial charge in [0.2, 0.25) is 0 Å². The first kappa shape index (κ1) is 14.7. The lowest BCUT2D eigenvalue weighted by atomic mass is 9.54. The second-order valence-corrected chi connectivity index (χ2v) is 7.71. The highest BCUT2D eigenvalue weighted by Crippen LogP contribution is 2.45. The molecule has 2 fully saturated rings. The van der Waals surface area contributed by atoms with E-state index in [-0.39, 0.29) is 17.9 Å². The van der Waals surface area contributed by atoms with Crippen molar-refractivity contribution >= 4 is 12.4 Å². The Morgan fingerprint density at radius 2 is 2.05 bits per heavy atom. The summed E-state index contributed by atoms with van der Waals surface area (Å²) < 4.78 is 6.35. The molecule has 0 bridgehead atoms. The summed E-state index contributed by atoms with van der Waals surface area (Å²) in [6, 6.07) is 9.31. The number of rotatable bonds is 2. The lowest BCUT2D eigenvalue weighted by Gasteiger charge is -2.34. The average molecular weight is 283 g/mol. The monoisotopic (exact) mass is 283 g/mol. The standard InChI is InChI=1S/C18H26BNO/c1-13-9-10-16(20-13)14-7-6-8-15(11-14)19-12-17(2,3)18(4,5)21-19/h6-8,11,16,20H,1,9-10,12H2,2-5H3. The molecule has 0 radical (unpaired) electrons. The van der Waals surface area contributed by atoms with Gasteiger partial charge in [-0.3, -0.25) is 0 Å². The molecule has 0 amide bonds. The molecule has 2 heterocycles. The van der Waals surface area contributed by atoms with Crippen molar-refractivity contribution in [2.24, 2.45) is 5.41 Å². The minimum absolute atomic E-state index is 0.0758. The summed E-state index contributed by atoms with van der Waals surface area (Å²) in [5, 5.41) is 3.49. The Morgan fingerprint density at radius 3 is 2.62 bits per heavy atom. The summed E-state index contributed by atoms with van der Waals surface area (Å²) >= 11 is 0. The van der Waals surface area contributed by atoms with Gasteiger partial charge in [-0.1, -0.05) is 44.7 Å². The summed E-state index contributed by atoms with van der Waals surface area (Å²) in [6.07, 6.45) is 3.30. The molecule has 0 aromatic heterocycles. The Balaban J connectivity index is 1.83. The largest absolute Gasteiger partial charge is 0.426 e. The first-order valence-corrected chi connectivity index (χ1v) is 8.00. The normalized spacial score (nSPS) is 27.0. The number of hydrogen-bond acceptors (Lipinski definition) is 2. The molecule has 1 atom stereocenters. The zero-order valence-electron chi connectivity index (χ0n) is 13.7. The van der Waals surface area contributed by atoms with Gasteiger partial charge in [0.1, 0.15) is 0 Å². The van der Waals surface area contributed by atoms with Crippen molar-refractivity contribution in [3.8, 4) is 0 Å². The molecule has 1 N–H and O–H groups in total. The Bertz CT molecular complexity index is 548. The third kappa shape index (κ3) is 2.64. The van der Waals surface area contributed by atoms with E-state index in [9.17, 15) is 0 Å². The van der Waals surface area contributed by atoms with Crippen molar-refractivity contribution in [3.05, 3.63) is 42.1 Å². The van der Waals surface area contributed by atoms with Crippen LogP contribution in [0.5, 0.6) is 0 Å². The van der Waals surface area contributed by atoms with Gasteiger partial charge in [0.05, 0.1) is 11.6 Å². The van der Waals surface area contributed by atoms with Gasteiger partial charge in [-0.2, -0.15) is 0 Å². The number of hydrogen-bond donors (Lipinski definition) is 1. The van der Waals surface area contributed by atoms with Crippen LogP contribution in [-0.2, 0) is 4.65 Å². The van der Waals surface area contributed by atoms with Gasteiger partial charge >= 0.3 is 6.92 Å². The smallest absolute Gasteiger partial charge is 0.327 e. The Kier molecular flexibility index (Phi) is 3.44. The highest BCUT2D eigenvalue weighted by molar-refractivity contribution is 6.68. The van der Waals surface area contributed by atoms with Gasteiger partial charge in [-0.15, -0.1) is 0 Å². The average Bonchev–Trinajstić information content (AvgIpc) is 2.92. The maximum Gasteiger partial charge on any atom is 0.327 e. The second kappa shape index (κ2) is 4.91. The Morgan fingerprint density at radius 1 is 1.29 bits per heavy atom. The summed E-state index contributed by atoms with van der Waals surface area (Å²) in [5.41, 5.74) is 3.95. The van der Waals surface area contributed by atoms with E-state index in [2.05, 4.69) is 63.9 Å². The molecule has 112 valence electrons. The van der Waals surface area contributed by atoms with Crippen LogP contribution in [0.15, 0.2) is 36.5 Å². The Hall–Kier alpha value is -1.22. The van der Waals surface area contributed by atoms with Crippen LogP contribution in [0.2, 0.25) is 6.32 Å².